The number of carbonyl (C=O) groups is 1. The lowest BCUT2D eigenvalue weighted by atomic mass is 10.5. The highest BCUT2D eigenvalue weighted by Gasteiger charge is 2.10. The summed E-state index contributed by atoms with van der Waals surface area (Å²) in [4.78, 5) is 27.5. The van der Waals surface area contributed by atoms with E-state index in [-0.39, 0.29) is 6.16 Å². The van der Waals surface area contributed by atoms with Gasteiger partial charge < -0.3 is 14.5 Å². The number of carbonyl (C=O) groups excluding carboxylic acids is 1. The van der Waals surface area contributed by atoms with E-state index in [0.29, 0.717) is 0 Å². The van der Waals surface area contributed by atoms with Crippen molar-refractivity contribution in [3.63, 3.8) is 0 Å². The average molecular weight is 178 g/mol. The van der Waals surface area contributed by atoms with Gasteiger partial charge in [0.2, 0.25) is 0 Å². The Kier molecular flexibility index (Phi) is 5.03. The van der Waals surface area contributed by atoms with Gasteiger partial charge in [0.15, 0.2) is 8.38 Å². The van der Waals surface area contributed by atoms with Crippen LogP contribution in [0, 0.1) is 0 Å². The van der Waals surface area contributed by atoms with E-state index in [9.17, 15) is 4.79 Å². The molecule has 0 amide bonds. The zero-order valence-corrected chi connectivity index (χ0v) is 7.12. The van der Waals surface area contributed by atoms with Gasteiger partial charge in [0.25, 0.3) is 0 Å². The molecule has 0 saturated heterocycles. The molecule has 11 heavy (non-hydrogen) atoms. The second-order valence-electron chi connectivity index (χ2n) is 2.01. The van der Waals surface area contributed by atoms with Crippen molar-refractivity contribution in [1.82, 2.24) is 0 Å². The molecular formula is C6H11O4P. The standard InChI is InChI=1S/C6H11O4P/c1-3-6(7)10-5(2)4-11(8)9/h3,5,8-9H,1,4H2,2H3. The monoisotopic (exact) mass is 178 g/mol. The Bertz CT molecular complexity index is 146. The van der Waals surface area contributed by atoms with Crippen molar-refractivity contribution in [2.45, 2.75) is 13.0 Å². The van der Waals surface area contributed by atoms with Crippen LogP contribution in [0.1, 0.15) is 6.92 Å². The second-order valence-corrected chi connectivity index (χ2v) is 3.12. The van der Waals surface area contributed by atoms with Crippen molar-refractivity contribution >= 4 is 14.3 Å². The summed E-state index contributed by atoms with van der Waals surface area (Å²) >= 11 is 0. The van der Waals surface area contributed by atoms with Crippen LogP contribution in [0.4, 0.5) is 0 Å². The van der Waals surface area contributed by atoms with Gasteiger partial charge in [-0.25, -0.2) is 4.79 Å². The van der Waals surface area contributed by atoms with E-state index in [0.717, 1.165) is 6.08 Å². The van der Waals surface area contributed by atoms with E-state index in [2.05, 4.69) is 11.3 Å². The summed E-state index contributed by atoms with van der Waals surface area (Å²) in [6.45, 7) is 4.79. The van der Waals surface area contributed by atoms with E-state index in [1.807, 2.05) is 0 Å². The summed E-state index contributed by atoms with van der Waals surface area (Å²) < 4.78 is 4.65. The molecule has 0 aromatic carbocycles. The predicted octanol–water partition coefficient (Wildman–Crippen LogP) is 0.401. The first kappa shape index (κ1) is 10.6. The zero-order chi connectivity index (χ0) is 8.85. The Morgan fingerprint density at radius 1 is 1.82 bits per heavy atom. The summed E-state index contributed by atoms with van der Waals surface area (Å²) in [5.41, 5.74) is 0. The Balaban J connectivity index is 3.59. The summed E-state index contributed by atoms with van der Waals surface area (Å²) in [7, 11) is -1.99. The van der Waals surface area contributed by atoms with E-state index < -0.39 is 20.4 Å². The summed E-state index contributed by atoms with van der Waals surface area (Å²) in [6.07, 6.45) is 0.643. The number of rotatable bonds is 4. The van der Waals surface area contributed by atoms with Crippen LogP contribution in [0.2, 0.25) is 0 Å². The second kappa shape index (κ2) is 5.24. The van der Waals surface area contributed by atoms with Gasteiger partial charge in [-0.15, -0.1) is 0 Å². The third-order valence-corrected chi connectivity index (χ3v) is 1.75. The minimum atomic E-state index is -1.99. The molecule has 0 aliphatic rings. The van der Waals surface area contributed by atoms with Crippen molar-refractivity contribution < 1.29 is 19.3 Å². The maximum absolute atomic E-state index is 10.5. The maximum Gasteiger partial charge on any atom is 0.330 e. The maximum atomic E-state index is 10.5. The first-order chi connectivity index (χ1) is 5.06. The van der Waals surface area contributed by atoms with Gasteiger partial charge >= 0.3 is 5.97 Å². The molecule has 0 aliphatic heterocycles. The molecular weight excluding hydrogens is 167 g/mol. The first-order valence-corrected chi connectivity index (χ1v) is 4.48. The highest BCUT2D eigenvalue weighted by atomic mass is 31.2. The molecule has 64 valence electrons. The van der Waals surface area contributed by atoms with Gasteiger partial charge in [-0.05, 0) is 6.92 Å². The SMILES string of the molecule is C=CC(=O)OC(C)CP(O)O. The Hall–Kier alpha value is -0.440. The minimum Gasteiger partial charge on any atom is -0.459 e. The highest BCUT2D eigenvalue weighted by Crippen LogP contribution is 2.24. The van der Waals surface area contributed by atoms with Gasteiger partial charge in [0.1, 0.15) is 6.10 Å². The van der Waals surface area contributed by atoms with Crippen LogP contribution in [0.3, 0.4) is 0 Å². The fourth-order valence-electron chi connectivity index (χ4n) is 0.514. The largest absolute Gasteiger partial charge is 0.459 e. The number of hydrogen-bond donors (Lipinski definition) is 2. The van der Waals surface area contributed by atoms with E-state index >= 15 is 0 Å². The van der Waals surface area contributed by atoms with Gasteiger partial charge in [0, 0.05) is 6.08 Å². The molecule has 0 fully saturated rings. The third-order valence-electron chi connectivity index (χ3n) is 0.904. The normalized spacial score (nSPS) is 12.7. The Labute approximate surface area is 66.4 Å². The molecule has 1 unspecified atom stereocenters. The molecule has 0 aliphatic carbocycles. The zero-order valence-electron chi connectivity index (χ0n) is 6.23. The topological polar surface area (TPSA) is 66.8 Å². The van der Waals surface area contributed by atoms with Crippen LogP contribution in [-0.4, -0.2) is 28.0 Å². The quantitative estimate of drug-likeness (QED) is 0.371. The molecule has 5 heteroatoms. The lowest BCUT2D eigenvalue weighted by Crippen LogP contribution is -2.15. The van der Waals surface area contributed by atoms with Crippen LogP contribution < -0.4 is 0 Å². The highest BCUT2D eigenvalue weighted by molar-refractivity contribution is 7.45. The summed E-state index contributed by atoms with van der Waals surface area (Å²) in [6, 6.07) is 0. The van der Waals surface area contributed by atoms with Crippen LogP contribution in [-0.2, 0) is 9.53 Å². The number of ether oxygens (including phenoxy) is 1. The summed E-state index contributed by atoms with van der Waals surface area (Å²) in [5, 5.41) is 0. The molecule has 0 heterocycles. The van der Waals surface area contributed by atoms with Crippen LogP contribution in [0.15, 0.2) is 12.7 Å². The van der Waals surface area contributed by atoms with E-state index in [1.54, 1.807) is 6.92 Å². The molecule has 0 spiro atoms. The van der Waals surface area contributed by atoms with Gasteiger partial charge in [-0.1, -0.05) is 6.58 Å². The molecule has 0 aromatic rings. The van der Waals surface area contributed by atoms with Crippen molar-refractivity contribution in [3.05, 3.63) is 12.7 Å². The van der Waals surface area contributed by atoms with Crippen LogP contribution in [0.25, 0.3) is 0 Å². The van der Waals surface area contributed by atoms with Gasteiger partial charge in [0.05, 0.1) is 6.16 Å². The molecule has 1 atom stereocenters. The molecule has 2 N–H and O–H groups in total. The average Bonchev–Trinajstić information content (AvgIpc) is 1.85. The molecule has 4 nitrogen and oxygen atoms in total. The molecule has 0 radical (unpaired) electrons. The smallest absolute Gasteiger partial charge is 0.330 e. The Morgan fingerprint density at radius 3 is 2.73 bits per heavy atom. The Morgan fingerprint density at radius 2 is 2.36 bits per heavy atom. The predicted molar refractivity (Wildman–Crippen MR) is 42.0 cm³/mol. The molecule has 0 saturated carbocycles. The van der Waals surface area contributed by atoms with Crippen molar-refractivity contribution in [3.8, 4) is 0 Å². The molecule has 0 rings (SSSR count). The van der Waals surface area contributed by atoms with Gasteiger partial charge in [-0.2, -0.15) is 0 Å². The fourth-order valence-corrected chi connectivity index (χ4v) is 1.05. The van der Waals surface area contributed by atoms with Crippen molar-refractivity contribution in [1.29, 1.82) is 0 Å². The first-order valence-electron chi connectivity index (χ1n) is 3.04. The molecule has 0 aromatic heterocycles. The summed E-state index contributed by atoms with van der Waals surface area (Å²) in [5.74, 6) is -0.547. The van der Waals surface area contributed by atoms with Crippen LogP contribution in [0.5, 0.6) is 0 Å². The number of esters is 1. The van der Waals surface area contributed by atoms with E-state index in [1.165, 1.54) is 0 Å². The number of hydrogen-bond acceptors (Lipinski definition) is 4. The lowest BCUT2D eigenvalue weighted by Gasteiger charge is -2.11. The third kappa shape index (κ3) is 5.98. The minimum absolute atomic E-state index is 0.0783. The van der Waals surface area contributed by atoms with Gasteiger partial charge in [-0.3, -0.25) is 0 Å². The lowest BCUT2D eigenvalue weighted by molar-refractivity contribution is -0.141. The van der Waals surface area contributed by atoms with Crippen molar-refractivity contribution in [2.75, 3.05) is 6.16 Å². The van der Waals surface area contributed by atoms with E-state index in [4.69, 9.17) is 9.79 Å². The van der Waals surface area contributed by atoms with Crippen LogP contribution >= 0.6 is 8.38 Å². The van der Waals surface area contributed by atoms with Crippen molar-refractivity contribution in [2.24, 2.45) is 0 Å². The fraction of sp³-hybridized carbons (Fsp3) is 0.500. The molecule has 0 bridgehead atoms.